The molecule has 32 heavy (non-hydrogen) atoms. The van der Waals surface area contributed by atoms with Crippen molar-refractivity contribution in [2.24, 2.45) is 11.0 Å². The zero-order valence-corrected chi connectivity index (χ0v) is 18.3. The number of hydrogen-bond donors (Lipinski definition) is 0. The Bertz CT molecular complexity index is 990. The average molecular weight is 437 g/mol. The SMILES string of the molecule is COc1ccc(C2=NN(C(=O)CN3CCN(C(=O)C4CC4)CC3)C(c3ccco3)C2)cc1. The normalized spacial score (nSPS) is 21.5. The highest BCUT2D eigenvalue weighted by Crippen LogP contribution is 2.34. The topological polar surface area (TPSA) is 78.6 Å². The first-order valence-electron chi connectivity index (χ1n) is 11.2. The van der Waals surface area contributed by atoms with Crippen LogP contribution in [0.1, 0.15) is 36.6 Å². The van der Waals surface area contributed by atoms with Gasteiger partial charge < -0.3 is 14.1 Å². The summed E-state index contributed by atoms with van der Waals surface area (Å²) in [5, 5.41) is 6.27. The number of hydrazone groups is 1. The first-order chi connectivity index (χ1) is 15.6. The van der Waals surface area contributed by atoms with Gasteiger partial charge in [-0.25, -0.2) is 5.01 Å². The maximum Gasteiger partial charge on any atom is 0.257 e. The summed E-state index contributed by atoms with van der Waals surface area (Å²) >= 11 is 0. The number of benzene rings is 1. The molecule has 2 aliphatic heterocycles. The molecule has 2 amide bonds. The highest BCUT2D eigenvalue weighted by Gasteiger charge is 2.37. The number of rotatable bonds is 6. The molecule has 3 aliphatic rings. The molecule has 168 valence electrons. The van der Waals surface area contributed by atoms with E-state index in [4.69, 9.17) is 14.3 Å². The number of hydrogen-bond acceptors (Lipinski definition) is 6. The first-order valence-corrected chi connectivity index (χ1v) is 11.2. The molecular formula is C24H28N4O4. The van der Waals surface area contributed by atoms with Gasteiger partial charge in [-0.1, -0.05) is 0 Å². The molecule has 1 atom stereocenters. The van der Waals surface area contributed by atoms with Crippen molar-refractivity contribution in [3.63, 3.8) is 0 Å². The van der Waals surface area contributed by atoms with Gasteiger partial charge in [0.25, 0.3) is 5.91 Å². The lowest BCUT2D eigenvalue weighted by molar-refractivity contribution is -0.137. The van der Waals surface area contributed by atoms with Crippen LogP contribution in [0.5, 0.6) is 5.75 Å². The first kappa shape index (κ1) is 20.8. The summed E-state index contributed by atoms with van der Waals surface area (Å²) in [6, 6.07) is 11.2. The lowest BCUT2D eigenvalue weighted by atomic mass is 10.0. The number of carbonyl (C=O) groups is 2. The fourth-order valence-electron chi connectivity index (χ4n) is 4.38. The van der Waals surface area contributed by atoms with Crippen LogP contribution in [-0.2, 0) is 9.59 Å². The number of carbonyl (C=O) groups excluding carboxylic acids is 2. The molecule has 1 aromatic carbocycles. The molecule has 0 radical (unpaired) electrons. The van der Waals surface area contributed by atoms with E-state index >= 15 is 0 Å². The fourth-order valence-corrected chi connectivity index (χ4v) is 4.38. The Labute approximate surface area is 187 Å². The van der Waals surface area contributed by atoms with Crippen LogP contribution in [0.2, 0.25) is 0 Å². The third-order valence-electron chi connectivity index (χ3n) is 6.43. The zero-order chi connectivity index (χ0) is 22.1. The van der Waals surface area contributed by atoms with Crippen LogP contribution in [0, 0.1) is 5.92 Å². The second-order valence-electron chi connectivity index (χ2n) is 8.62. The van der Waals surface area contributed by atoms with Crippen molar-refractivity contribution in [3.05, 3.63) is 54.0 Å². The molecule has 0 N–H and O–H groups in total. The van der Waals surface area contributed by atoms with Crippen molar-refractivity contribution >= 4 is 17.5 Å². The predicted octanol–water partition coefficient (Wildman–Crippen LogP) is 2.52. The largest absolute Gasteiger partial charge is 0.497 e. The molecule has 1 saturated carbocycles. The lowest BCUT2D eigenvalue weighted by Crippen LogP contribution is -2.51. The average Bonchev–Trinajstić information content (AvgIpc) is 3.34. The van der Waals surface area contributed by atoms with Gasteiger partial charge in [0.2, 0.25) is 5.91 Å². The van der Waals surface area contributed by atoms with Gasteiger partial charge in [0.15, 0.2) is 0 Å². The lowest BCUT2D eigenvalue weighted by Gasteiger charge is -2.35. The Balaban J connectivity index is 1.27. The number of methoxy groups -OCH3 is 1. The van der Waals surface area contributed by atoms with Crippen molar-refractivity contribution in [1.82, 2.24) is 14.8 Å². The van der Waals surface area contributed by atoms with Crippen LogP contribution in [0.25, 0.3) is 0 Å². The molecule has 5 rings (SSSR count). The van der Waals surface area contributed by atoms with E-state index in [9.17, 15) is 9.59 Å². The summed E-state index contributed by atoms with van der Waals surface area (Å²) in [6.07, 6.45) is 4.26. The van der Waals surface area contributed by atoms with E-state index in [1.165, 1.54) is 0 Å². The third-order valence-corrected chi connectivity index (χ3v) is 6.43. The smallest absolute Gasteiger partial charge is 0.257 e. The summed E-state index contributed by atoms with van der Waals surface area (Å²) in [4.78, 5) is 29.6. The quantitative estimate of drug-likeness (QED) is 0.695. The number of ether oxygens (including phenoxy) is 1. The van der Waals surface area contributed by atoms with Crippen molar-refractivity contribution < 1.29 is 18.7 Å². The highest BCUT2D eigenvalue weighted by molar-refractivity contribution is 6.03. The van der Waals surface area contributed by atoms with Crippen molar-refractivity contribution in [1.29, 1.82) is 0 Å². The predicted molar refractivity (Wildman–Crippen MR) is 118 cm³/mol. The van der Waals surface area contributed by atoms with Crippen molar-refractivity contribution in [2.45, 2.75) is 25.3 Å². The second-order valence-corrected chi connectivity index (χ2v) is 8.62. The molecule has 2 fully saturated rings. The Morgan fingerprint density at radius 1 is 1.09 bits per heavy atom. The number of furan rings is 1. The Morgan fingerprint density at radius 3 is 2.47 bits per heavy atom. The Hall–Kier alpha value is -3.13. The molecule has 1 unspecified atom stereocenters. The molecule has 1 aliphatic carbocycles. The number of nitrogens with zero attached hydrogens (tertiary/aromatic N) is 4. The molecule has 0 bridgehead atoms. The van der Waals surface area contributed by atoms with E-state index in [2.05, 4.69) is 4.90 Å². The van der Waals surface area contributed by atoms with Gasteiger partial charge in [0.1, 0.15) is 17.6 Å². The van der Waals surface area contributed by atoms with Gasteiger partial charge in [-0.05, 0) is 54.8 Å². The van der Waals surface area contributed by atoms with E-state index in [1.807, 2.05) is 41.3 Å². The van der Waals surface area contributed by atoms with E-state index in [0.717, 1.165) is 35.6 Å². The van der Waals surface area contributed by atoms with Gasteiger partial charge in [-0.3, -0.25) is 14.5 Å². The van der Waals surface area contributed by atoms with Gasteiger partial charge in [-0.15, -0.1) is 0 Å². The van der Waals surface area contributed by atoms with Gasteiger partial charge in [0, 0.05) is 38.5 Å². The third kappa shape index (κ3) is 4.27. The number of piperazine rings is 1. The minimum Gasteiger partial charge on any atom is -0.497 e. The summed E-state index contributed by atoms with van der Waals surface area (Å²) in [6.45, 7) is 3.06. The Morgan fingerprint density at radius 2 is 1.84 bits per heavy atom. The van der Waals surface area contributed by atoms with Crippen LogP contribution >= 0.6 is 0 Å². The van der Waals surface area contributed by atoms with E-state index in [-0.39, 0.29) is 30.3 Å². The molecule has 3 heterocycles. The molecular weight excluding hydrogens is 408 g/mol. The molecule has 1 aromatic heterocycles. The minimum atomic E-state index is -0.257. The molecule has 1 saturated heterocycles. The second kappa shape index (κ2) is 8.78. The van der Waals surface area contributed by atoms with Crippen LogP contribution in [0.15, 0.2) is 52.2 Å². The maximum atomic E-state index is 13.3. The van der Waals surface area contributed by atoms with E-state index in [1.54, 1.807) is 18.4 Å². The van der Waals surface area contributed by atoms with Crippen LogP contribution < -0.4 is 4.74 Å². The highest BCUT2D eigenvalue weighted by atomic mass is 16.5. The summed E-state index contributed by atoms with van der Waals surface area (Å²) in [5.74, 6) is 1.97. The van der Waals surface area contributed by atoms with Gasteiger partial charge in [-0.2, -0.15) is 5.10 Å². The van der Waals surface area contributed by atoms with Gasteiger partial charge >= 0.3 is 0 Å². The monoisotopic (exact) mass is 436 g/mol. The molecule has 8 heteroatoms. The summed E-state index contributed by atoms with van der Waals surface area (Å²) in [7, 11) is 1.64. The standard InChI is InChI=1S/C24H28N4O4/c1-31-19-8-6-17(7-9-19)20-15-21(22-3-2-14-32-22)28(25-20)23(29)16-26-10-12-27(13-11-26)24(30)18-4-5-18/h2-3,6-9,14,18,21H,4-5,10-13,15-16H2,1H3. The molecule has 2 aromatic rings. The molecule has 0 spiro atoms. The van der Waals surface area contributed by atoms with E-state index < -0.39 is 0 Å². The molecule has 8 nitrogen and oxygen atoms in total. The fraction of sp³-hybridized carbons (Fsp3) is 0.458. The van der Waals surface area contributed by atoms with E-state index in [0.29, 0.717) is 32.6 Å². The zero-order valence-electron chi connectivity index (χ0n) is 18.3. The Kier molecular flexibility index (Phi) is 5.70. The van der Waals surface area contributed by atoms with Crippen LogP contribution in [0.4, 0.5) is 0 Å². The van der Waals surface area contributed by atoms with Gasteiger partial charge in [0.05, 0.1) is 25.6 Å². The number of amides is 2. The van der Waals surface area contributed by atoms with Crippen LogP contribution in [-0.4, -0.2) is 72.2 Å². The summed E-state index contributed by atoms with van der Waals surface area (Å²) in [5.41, 5.74) is 1.81. The maximum absolute atomic E-state index is 13.3. The van der Waals surface area contributed by atoms with Crippen molar-refractivity contribution in [3.8, 4) is 5.75 Å². The van der Waals surface area contributed by atoms with Crippen molar-refractivity contribution in [2.75, 3.05) is 39.8 Å². The minimum absolute atomic E-state index is 0.0584. The van der Waals surface area contributed by atoms with Crippen LogP contribution in [0.3, 0.4) is 0 Å². The summed E-state index contributed by atoms with van der Waals surface area (Å²) < 4.78 is 10.9.